The van der Waals surface area contributed by atoms with Crippen LogP contribution in [-0.2, 0) is 10.0 Å². The molecule has 20 heavy (non-hydrogen) atoms. The third kappa shape index (κ3) is 2.97. The number of sulfonamides is 1. The highest BCUT2D eigenvalue weighted by Crippen LogP contribution is 2.19. The van der Waals surface area contributed by atoms with Gasteiger partial charge in [0, 0.05) is 5.69 Å². The van der Waals surface area contributed by atoms with Crippen LogP contribution < -0.4 is 4.72 Å². The first kappa shape index (κ1) is 14.1. The van der Waals surface area contributed by atoms with Gasteiger partial charge < -0.3 is 5.11 Å². The SMILES string of the molecule is Cc1ccccc1S(=O)(=O)Nc1ccc(C(=O)O)cc1. The summed E-state index contributed by atoms with van der Waals surface area (Å²) >= 11 is 0. The van der Waals surface area contributed by atoms with Gasteiger partial charge in [-0.15, -0.1) is 0 Å². The Morgan fingerprint density at radius 1 is 1.05 bits per heavy atom. The average Bonchev–Trinajstić information content (AvgIpc) is 2.39. The summed E-state index contributed by atoms with van der Waals surface area (Å²) in [4.78, 5) is 10.9. The number of carboxylic acid groups (broad SMARTS) is 1. The van der Waals surface area contributed by atoms with Gasteiger partial charge in [0.15, 0.2) is 0 Å². The van der Waals surface area contributed by atoms with Crippen molar-refractivity contribution in [1.29, 1.82) is 0 Å². The van der Waals surface area contributed by atoms with E-state index >= 15 is 0 Å². The molecule has 0 bridgehead atoms. The Morgan fingerprint density at radius 3 is 2.20 bits per heavy atom. The second kappa shape index (κ2) is 5.34. The van der Waals surface area contributed by atoms with Gasteiger partial charge in [-0.3, -0.25) is 4.72 Å². The molecule has 0 aromatic heterocycles. The summed E-state index contributed by atoms with van der Waals surface area (Å²) < 4.78 is 26.8. The largest absolute Gasteiger partial charge is 0.478 e. The Morgan fingerprint density at radius 2 is 1.65 bits per heavy atom. The molecule has 0 fully saturated rings. The quantitative estimate of drug-likeness (QED) is 0.906. The fourth-order valence-electron chi connectivity index (χ4n) is 1.75. The first-order chi connectivity index (χ1) is 9.40. The number of rotatable bonds is 4. The summed E-state index contributed by atoms with van der Waals surface area (Å²) in [5.41, 5.74) is 1.06. The molecule has 0 atom stereocenters. The topological polar surface area (TPSA) is 83.5 Å². The fourth-order valence-corrected chi connectivity index (χ4v) is 3.05. The molecule has 0 heterocycles. The molecule has 0 aliphatic rings. The van der Waals surface area contributed by atoms with E-state index in [0.717, 1.165) is 0 Å². The molecule has 0 radical (unpaired) electrons. The smallest absolute Gasteiger partial charge is 0.335 e. The van der Waals surface area contributed by atoms with Crippen LogP contribution in [0.2, 0.25) is 0 Å². The normalized spacial score (nSPS) is 11.1. The number of hydrogen-bond donors (Lipinski definition) is 2. The van der Waals surface area contributed by atoms with Crippen LogP contribution in [-0.4, -0.2) is 19.5 Å². The van der Waals surface area contributed by atoms with Crippen molar-refractivity contribution in [1.82, 2.24) is 0 Å². The number of aryl methyl sites for hydroxylation is 1. The minimum atomic E-state index is -3.67. The first-order valence-electron chi connectivity index (χ1n) is 5.82. The van der Waals surface area contributed by atoms with Crippen molar-refractivity contribution >= 4 is 21.7 Å². The highest BCUT2D eigenvalue weighted by Gasteiger charge is 2.16. The second-order valence-electron chi connectivity index (χ2n) is 4.25. The van der Waals surface area contributed by atoms with Crippen LogP contribution in [0.25, 0.3) is 0 Å². The predicted molar refractivity (Wildman–Crippen MR) is 75.4 cm³/mol. The fraction of sp³-hybridized carbons (Fsp3) is 0.0714. The lowest BCUT2D eigenvalue weighted by Crippen LogP contribution is -2.14. The lowest BCUT2D eigenvalue weighted by atomic mass is 10.2. The van der Waals surface area contributed by atoms with Gasteiger partial charge in [-0.2, -0.15) is 0 Å². The average molecular weight is 291 g/mol. The van der Waals surface area contributed by atoms with Gasteiger partial charge in [0.25, 0.3) is 10.0 Å². The van der Waals surface area contributed by atoms with E-state index in [1.54, 1.807) is 25.1 Å². The maximum atomic E-state index is 12.2. The van der Waals surface area contributed by atoms with Crippen molar-refractivity contribution in [2.45, 2.75) is 11.8 Å². The zero-order chi connectivity index (χ0) is 14.8. The Balaban J connectivity index is 2.29. The van der Waals surface area contributed by atoms with Crippen molar-refractivity contribution in [3.63, 3.8) is 0 Å². The van der Waals surface area contributed by atoms with Gasteiger partial charge in [-0.1, -0.05) is 18.2 Å². The number of nitrogens with one attached hydrogen (secondary N) is 1. The highest BCUT2D eigenvalue weighted by atomic mass is 32.2. The first-order valence-corrected chi connectivity index (χ1v) is 7.30. The molecular formula is C14H13NO4S. The van der Waals surface area contributed by atoms with Crippen molar-refractivity contribution in [2.24, 2.45) is 0 Å². The predicted octanol–water partition coefficient (Wildman–Crippen LogP) is 2.49. The summed E-state index contributed by atoms with van der Waals surface area (Å²) in [6.07, 6.45) is 0. The highest BCUT2D eigenvalue weighted by molar-refractivity contribution is 7.92. The summed E-state index contributed by atoms with van der Waals surface area (Å²) in [5, 5.41) is 8.78. The van der Waals surface area contributed by atoms with E-state index in [1.807, 2.05) is 0 Å². The van der Waals surface area contributed by atoms with Crippen LogP contribution in [0.5, 0.6) is 0 Å². The Hall–Kier alpha value is -2.34. The zero-order valence-electron chi connectivity index (χ0n) is 10.7. The van der Waals surface area contributed by atoms with E-state index < -0.39 is 16.0 Å². The number of anilines is 1. The van der Waals surface area contributed by atoms with E-state index in [9.17, 15) is 13.2 Å². The van der Waals surface area contributed by atoms with Crippen LogP contribution in [0, 0.1) is 6.92 Å². The minimum Gasteiger partial charge on any atom is -0.478 e. The summed E-state index contributed by atoms with van der Waals surface area (Å²) in [5.74, 6) is -1.06. The molecule has 6 heteroatoms. The Kier molecular flexibility index (Phi) is 3.76. The van der Waals surface area contributed by atoms with Gasteiger partial charge in [0.05, 0.1) is 10.5 Å². The molecule has 0 saturated carbocycles. The molecule has 5 nitrogen and oxygen atoms in total. The molecule has 0 saturated heterocycles. The lowest BCUT2D eigenvalue weighted by Gasteiger charge is -2.10. The molecule has 0 aliphatic heterocycles. The number of hydrogen-bond acceptors (Lipinski definition) is 3. The third-order valence-electron chi connectivity index (χ3n) is 2.77. The van der Waals surface area contributed by atoms with Crippen LogP contribution in [0.15, 0.2) is 53.4 Å². The van der Waals surface area contributed by atoms with Crippen LogP contribution >= 0.6 is 0 Å². The number of benzene rings is 2. The zero-order valence-corrected chi connectivity index (χ0v) is 11.5. The van der Waals surface area contributed by atoms with Crippen molar-refractivity contribution in [3.8, 4) is 0 Å². The van der Waals surface area contributed by atoms with Crippen molar-refractivity contribution in [2.75, 3.05) is 4.72 Å². The van der Waals surface area contributed by atoms with Crippen molar-refractivity contribution in [3.05, 3.63) is 59.7 Å². The van der Waals surface area contributed by atoms with Crippen LogP contribution in [0.4, 0.5) is 5.69 Å². The van der Waals surface area contributed by atoms with Gasteiger partial charge >= 0.3 is 5.97 Å². The van der Waals surface area contributed by atoms with Crippen LogP contribution in [0.3, 0.4) is 0 Å². The van der Waals surface area contributed by atoms with Crippen molar-refractivity contribution < 1.29 is 18.3 Å². The second-order valence-corrected chi connectivity index (χ2v) is 5.90. The lowest BCUT2D eigenvalue weighted by molar-refractivity contribution is 0.0697. The molecule has 0 amide bonds. The Bertz CT molecular complexity index is 736. The van der Waals surface area contributed by atoms with Crippen LogP contribution in [0.1, 0.15) is 15.9 Å². The number of aromatic carboxylic acids is 1. The third-order valence-corrected chi connectivity index (χ3v) is 4.31. The van der Waals surface area contributed by atoms with Gasteiger partial charge in [0.1, 0.15) is 0 Å². The molecule has 104 valence electrons. The Labute approximate surface area is 116 Å². The van der Waals surface area contributed by atoms with E-state index in [1.165, 1.54) is 30.3 Å². The molecular weight excluding hydrogens is 278 g/mol. The van der Waals surface area contributed by atoms with Gasteiger partial charge in [0.2, 0.25) is 0 Å². The summed E-state index contributed by atoms with van der Waals surface area (Å²) in [6, 6.07) is 12.2. The minimum absolute atomic E-state index is 0.101. The maximum Gasteiger partial charge on any atom is 0.335 e. The van der Waals surface area contributed by atoms with Gasteiger partial charge in [-0.25, -0.2) is 13.2 Å². The number of carboxylic acids is 1. The molecule has 0 unspecified atom stereocenters. The molecule has 2 aromatic carbocycles. The van der Waals surface area contributed by atoms with E-state index in [2.05, 4.69) is 4.72 Å². The summed E-state index contributed by atoms with van der Waals surface area (Å²) in [7, 11) is -3.67. The number of carbonyl (C=O) groups is 1. The van der Waals surface area contributed by atoms with Gasteiger partial charge in [-0.05, 0) is 42.8 Å². The van der Waals surface area contributed by atoms with E-state index in [0.29, 0.717) is 11.3 Å². The van der Waals surface area contributed by atoms with E-state index in [-0.39, 0.29) is 10.5 Å². The monoisotopic (exact) mass is 291 g/mol. The van der Waals surface area contributed by atoms with E-state index in [4.69, 9.17) is 5.11 Å². The molecule has 2 rings (SSSR count). The summed E-state index contributed by atoms with van der Waals surface area (Å²) in [6.45, 7) is 1.71. The molecule has 2 N–H and O–H groups in total. The molecule has 2 aromatic rings. The standard InChI is InChI=1S/C14H13NO4S/c1-10-4-2-3-5-13(10)20(18,19)15-12-8-6-11(7-9-12)14(16)17/h2-9,15H,1H3,(H,16,17). The molecule has 0 spiro atoms. The molecule has 0 aliphatic carbocycles. The maximum absolute atomic E-state index is 12.2.